The molecule has 0 bridgehead atoms. The molecule has 0 unspecified atom stereocenters. The predicted molar refractivity (Wildman–Crippen MR) is 121 cm³/mol. The summed E-state index contributed by atoms with van der Waals surface area (Å²) in [5, 5.41) is 6.54. The Bertz CT molecular complexity index is 1040. The number of halogens is 4. The van der Waals surface area contributed by atoms with Crippen molar-refractivity contribution in [1.29, 1.82) is 0 Å². The van der Waals surface area contributed by atoms with Gasteiger partial charge in [0.2, 0.25) is 5.95 Å². The number of nitrogens with one attached hydrogen (secondary N) is 2. The van der Waals surface area contributed by atoms with Crippen LogP contribution in [0, 0.1) is 13.8 Å². The van der Waals surface area contributed by atoms with Crippen molar-refractivity contribution in [1.82, 2.24) is 15.3 Å². The summed E-state index contributed by atoms with van der Waals surface area (Å²) >= 11 is 6.04. The molecule has 2 aromatic rings. The van der Waals surface area contributed by atoms with E-state index in [0.29, 0.717) is 12.0 Å². The van der Waals surface area contributed by atoms with Crippen LogP contribution in [0.3, 0.4) is 0 Å². The Morgan fingerprint density at radius 1 is 1.22 bits per heavy atom. The molecule has 172 valence electrons. The van der Waals surface area contributed by atoms with Gasteiger partial charge in [0.25, 0.3) is 0 Å². The maximum absolute atomic E-state index is 12.6. The van der Waals surface area contributed by atoms with Gasteiger partial charge in [-0.15, -0.1) is 0 Å². The van der Waals surface area contributed by atoms with Crippen LogP contribution in [0.2, 0.25) is 5.02 Å². The molecular formula is C21H25ClF3N7. The summed E-state index contributed by atoms with van der Waals surface area (Å²) in [6.07, 6.45) is -0.700. The minimum atomic E-state index is -4.71. The van der Waals surface area contributed by atoms with Crippen molar-refractivity contribution in [2.45, 2.75) is 38.8 Å². The van der Waals surface area contributed by atoms with E-state index in [1.165, 1.54) is 11.8 Å². The van der Waals surface area contributed by atoms with Crippen molar-refractivity contribution in [2.24, 2.45) is 16.5 Å². The van der Waals surface area contributed by atoms with Gasteiger partial charge in [-0.1, -0.05) is 17.7 Å². The number of alkyl halides is 3. The molecule has 1 aliphatic heterocycles. The van der Waals surface area contributed by atoms with Crippen LogP contribution in [0.5, 0.6) is 0 Å². The summed E-state index contributed by atoms with van der Waals surface area (Å²) < 4.78 is 37.7. The van der Waals surface area contributed by atoms with Crippen molar-refractivity contribution in [3.63, 3.8) is 0 Å². The molecule has 7 nitrogen and oxygen atoms in total. The average molecular weight is 468 g/mol. The summed E-state index contributed by atoms with van der Waals surface area (Å²) in [6.45, 7) is 6.08. The zero-order chi connectivity index (χ0) is 23.5. The first-order valence-electron chi connectivity index (χ1n) is 10.0. The molecule has 0 atom stereocenters. The maximum Gasteiger partial charge on any atom is 0.430 e. The van der Waals surface area contributed by atoms with Gasteiger partial charge >= 0.3 is 6.18 Å². The van der Waals surface area contributed by atoms with E-state index in [9.17, 15) is 13.2 Å². The van der Waals surface area contributed by atoms with Gasteiger partial charge in [-0.2, -0.15) is 18.2 Å². The second-order valence-corrected chi connectivity index (χ2v) is 8.08. The lowest BCUT2D eigenvalue weighted by Crippen LogP contribution is -2.27. The standard InChI is InChI=1S/C21H25ClF3N7/c1-11-8-16(12(2)7-14(11)13-3-5-28-6-4-13)30-20-29-10-15(22)19(32-20)31-18(27)9-17(26)21(23,24)25/h7-10,13,28H,3-6,26H2,1-2H3,(H3,27,29,30,31,32)/b17-9-. The Balaban J connectivity index is 1.84. The topological polar surface area (TPSA) is 114 Å². The van der Waals surface area contributed by atoms with E-state index < -0.39 is 17.7 Å². The maximum atomic E-state index is 12.6. The Morgan fingerprint density at radius 2 is 1.91 bits per heavy atom. The van der Waals surface area contributed by atoms with Crippen molar-refractivity contribution < 1.29 is 13.2 Å². The number of piperidine rings is 1. The number of anilines is 2. The second kappa shape index (κ2) is 9.74. The summed E-state index contributed by atoms with van der Waals surface area (Å²) in [7, 11) is 0. The van der Waals surface area contributed by atoms with Crippen LogP contribution in [0.1, 0.15) is 35.4 Å². The average Bonchev–Trinajstić information content (AvgIpc) is 2.72. The number of benzene rings is 1. The van der Waals surface area contributed by atoms with E-state index in [0.717, 1.165) is 42.7 Å². The summed E-state index contributed by atoms with van der Waals surface area (Å²) in [6, 6.07) is 4.21. The monoisotopic (exact) mass is 467 g/mol. The first-order chi connectivity index (χ1) is 15.0. The van der Waals surface area contributed by atoms with Crippen LogP contribution in [0.4, 0.5) is 30.6 Å². The summed E-state index contributed by atoms with van der Waals surface area (Å²) in [4.78, 5) is 12.1. The number of hydrogen-bond acceptors (Lipinski definition) is 6. The third-order valence-electron chi connectivity index (χ3n) is 5.23. The minimum Gasteiger partial charge on any atom is -0.395 e. The molecule has 32 heavy (non-hydrogen) atoms. The third-order valence-corrected chi connectivity index (χ3v) is 5.50. The van der Waals surface area contributed by atoms with Crippen molar-refractivity contribution in [3.05, 3.63) is 51.8 Å². The molecule has 1 aromatic carbocycles. The number of allylic oxidation sites excluding steroid dienone is 1. The number of aliphatic imine (C=N–C) groups is 1. The van der Waals surface area contributed by atoms with Crippen molar-refractivity contribution in [3.8, 4) is 0 Å². The molecule has 1 aromatic heterocycles. The molecule has 2 heterocycles. The summed E-state index contributed by atoms with van der Waals surface area (Å²) in [5.74, 6) is 0.154. The Hall–Kier alpha value is -2.85. The molecule has 0 aliphatic carbocycles. The van der Waals surface area contributed by atoms with Crippen LogP contribution < -0.4 is 22.1 Å². The summed E-state index contributed by atoms with van der Waals surface area (Å²) in [5.41, 5.74) is 13.5. The van der Waals surface area contributed by atoms with Gasteiger partial charge in [-0.05, 0) is 68.5 Å². The van der Waals surface area contributed by atoms with Gasteiger partial charge in [-0.25, -0.2) is 9.98 Å². The number of nitrogens with two attached hydrogens (primary N) is 2. The Morgan fingerprint density at radius 3 is 2.56 bits per heavy atom. The number of aromatic nitrogens is 2. The van der Waals surface area contributed by atoms with Crippen LogP contribution in [-0.4, -0.2) is 35.1 Å². The smallest absolute Gasteiger partial charge is 0.395 e. The van der Waals surface area contributed by atoms with E-state index in [4.69, 9.17) is 23.1 Å². The van der Waals surface area contributed by atoms with Crippen molar-refractivity contribution >= 4 is 34.9 Å². The van der Waals surface area contributed by atoms with Gasteiger partial charge in [0.05, 0.1) is 6.20 Å². The second-order valence-electron chi connectivity index (χ2n) is 7.67. The highest BCUT2D eigenvalue weighted by Crippen LogP contribution is 2.33. The molecular weight excluding hydrogens is 443 g/mol. The molecule has 1 saturated heterocycles. The van der Waals surface area contributed by atoms with Gasteiger partial charge < -0.3 is 22.1 Å². The highest BCUT2D eigenvalue weighted by molar-refractivity contribution is 6.32. The van der Waals surface area contributed by atoms with E-state index in [2.05, 4.69) is 38.6 Å². The first kappa shape index (κ1) is 23.8. The Kier molecular flexibility index (Phi) is 7.25. The van der Waals surface area contributed by atoms with E-state index in [1.807, 2.05) is 13.0 Å². The third kappa shape index (κ3) is 5.89. The highest BCUT2D eigenvalue weighted by Gasteiger charge is 2.31. The quantitative estimate of drug-likeness (QED) is 0.384. The van der Waals surface area contributed by atoms with E-state index in [-0.39, 0.29) is 16.8 Å². The zero-order valence-corrected chi connectivity index (χ0v) is 18.5. The molecule has 0 saturated carbocycles. The first-order valence-corrected chi connectivity index (χ1v) is 10.4. The zero-order valence-electron chi connectivity index (χ0n) is 17.7. The SMILES string of the molecule is Cc1cc(C2CCNCC2)c(C)cc1Nc1ncc(Cl)c(N=C(N)/C=C(\N)C(F)(F)F)n1. The minimum absolute atomic E-state index is 0.0339. The molecule has 0 spiro atoms. The van der Waals surface area contributed by atoms with Crippen LogP contribution in [-0.2, 0) is 0 Å². The van der Waals surface area contributed by atoms with Gasteiger partial charge in [0.15, 0.2) is 5.82 Å². The van der Waals surface area contributed by atoms with E-state index in [1.54, 1.807) is 0 Å². The molecule has 11 heteroatoms. The lowest BCUT2D eigenvalue weighted by molar-refractivity contribution is -0.0925. The van der Waals surface area contributed by atoms with Crippen molar-refractivity contribution in [2.75, 3.05) is 18.4 Å². The predicted octanol–water partition coefficient (Wildman–Crippen LogP) is 4.35. The van der Waals surface area contributed by atoms with Gasteiger partial charge in [-0.3, -0.25) is 0 Å². The number of amidine groups is 1. The molecule has 1 aliphatic rings. The lowest BCUT2D eigenvalue weighted by Gasteiger charge is -2.25. The molecule has 3 rings (SSSR count). The van der Waals surface area contributed by atoms with E-state index >= 15 is 0 Å². The van der Waals surface area contributed by atoms with Crippen LogP contribution in [0.25, 0.3) is 0 Å². The van der Waals surface area contributed by atoms with Crippen LogP contribution in [0.15, 0.2) is 35.1 Å². The number of nitrogens with zero attached hydrogens (tertiary/aromatic N) is 3. The molecule has 0 amide bonds. The number of rotatable bonds is 5. The fourth-order valence-corrected chi connectivity index (χ4v) is 3.69. The molecule has 1 fully saturated rings. The molecule has 0 radical (unpaired) electrons. The normalized spacial score (nSPS) is 16.3. The Labute approximate surface area is 189 Å². The van der Waals surface area contributed by atoms with Gasteiger partial charge in [0.1, 0.15) is 16.6 Å². The van der Waals surface area contributed by atoms with Crippen LogP contribution >= 0.6 is 11.6 Å². The fraction of sp³-hybridized carbons (Fsp3) is 0.381. The highest BCUT2D eigenvalue weighted by atomic mass is 35.5. The number of hydrogen-bond donors (Lipinski definition) is 4. The lowest BCUT2D eigenvalue weighted by atomic mass is 9.86. The largest absolute Gasteiger partial charge is 0.430 e. The fourth-order valence-electron chi connectivity index (χ4n) is 3.56. The number of aryl methyl sites for hydroxylation is 2. The molecule has 6 N–H and O–H groups in total. The van der Waals surface area contributed by atoms with Gasteiger partial charge in [0, 0.05) is 11.8 Å².